The Kier molecular flexibility index (Phi) is 6.73. The number of hydrogen-bond donors (Lipinski definition) is 1. The Morgan fingerprint density at radius 2 is 1.81 bits per heavy atom. The lowest BCUT2D eigenvalue weighted by Crippen LogP contribution is -2.43. The molecule has 2 aromatic rings. The van der Waals surface area contributed by atoms with Gasteiger partial charge in [-0.25, -0.2) is 0 Å². The average molecular weight is 398 g/mol. The summed E-state index contributed by atoms with van der Waals surface area (Å²) in [6, 6.07) is 11.8. The van der Waals surface area contributed by atoms with Crippen molar-refractivity contribution in [3.8, 4) is 0 Å². The number of rotatable bonds is 6. The molecular formula is C20H23ClF3N3. The largest absolute Gasteiger partial charge is 0.401 e. The first-order valence-corrected chi connectivity index (χ1v) is 9.48. The van der Waals surface area contributed by atoms with E-state index < -0.39 is 18.8 Å². The van der Waals surface area contributed by atoms with E-state index in [-0.39, 0.29) is 5.92 Å². The number of aromatic nitrogens is 1. The zero-order valence-corrected chi connectivity index (χ0v) is 15.7. The van der Waals surface area contributed by atoms with Gasteiger partial charge in [-0.3, -0.25) is 9.88 Å². The minimum absolute atomic E-state index is 0.229. The van der Waals surface area contributed by atoms with Gasteiger partial charge >= 0.3 is 6.18 Å². The molecule has 0 aliphatic carbocycles. The number of nitrogens with zero attached hydrogens (tertiary/aromatic N) is 2. The van der Waals surface area contributed by atoms with Crippen LogP contribution in [-0.2, 0) is 0 Å². The van der Waals surface area contributed by atoms with E-state index in [1.165, 1.54) is 4.90 Å². The summed E-state index contributed by atoms with van der Waals surface area (Å²) in [4.78, 5) is 5.88. The Bertz CT molecular complexity index is 701. The normalized spacial score (nSPS) is 17.2. The third kappa shape index (κ3) is 5.92. The standard InChI is InChI=1S/C20H23ClF3N3/c21-17-6-4-16(5-7-17)19(18-3-1-2-10-26-18)27(14-20(22,23)24)13-15-8-11-25-12-9-15/h1-7,10,15,19,25H,8-9,11-14H2. The lowest BCUT2D eigenvalue weighted by atomic mass is 9.94. The molecule has 0 saturated carbocycles. The van der Waals surface area contributed by atoms with Crippen LogP contribution in [0.5, 0.6) is 0 Å². The van der Waals surface area contributed by atoms with Gasteiger partial charge in [0, 0.05) is 17.8 Å². The maximum atomic E-state index is 13.4. The van der Waals surface area contributed by atoms with Crippen molar-refractivity contribution in [3.05, 3.63) is 64.9 Å². The molecule has 0 amide bonds. The zero-order valence-electron chi connectivity index (χ0n) is 14.9. The Hall–Kier alpha value is -1.63. The summed E-state index contributed by atoms with van der Waals surface area (Å²) in [6.45, 7) is 1.10. The monoisotopic (exact) mass is 397 g/mol. The summed E-state index contributed by atoms with van der Waals surface area (Å²) in [5.41, 5.74) is 1.37. The van der Waals surface area contributed by atoms with Gasteiger partial charge in [0.15, 0.2) is 0 Å². The highest BCUT2D eigenvalue weighted by atomic mass is 35.5. The minimum Gasteiger partial charge on any atom is -0.317 e. The predicted octanol–water partition coefficient (Wildman–Crippen LogP) is 4.69. The van der Waals surface area contributed by atoms with Crippen molar-refractivity contribution in [3.63, 3.8) is 0 Å². The topological polar surface area (TPSA) is 28.2 Å². The van der Waals surface area contributed by atoms with Gasteiger partial charge < -0.3 is 5.32 Å². The first-order chi connectivity index (χ1) is 12.9. The summed E-state index contributed by atoms with van der Waals surface area (Å²) < 4.78 is 40.3. The summed E-state index contributed by atoms with van der Waals surface area (Å²) in [5.74, 6) is 0.229. The molecular weight excluding hydrogens is 375 g/mol. The molecule has 3 rings (SSSR count). The molecule has 1 aliphatic rings. The molecule has 146 valence electrons. The van der Waals surface area contributed by atoms with Crippen molar-refractivity contribution in [2.75, 3.05) is 26.2 Å². The first kappa shape index (κ1) is 20.1. The van der Waals surface area contributed by atoms with Crippen molar-refractivity contribution in [1.82, 2.24) is 15.2 Å². The second kappa shape index (κ2) is 9.04. The Labute approximate surface area is 162 Å². The van der Waals surface area contributed by atoms with Gasteiger partial charge in [-0.05, 0) is 61.7 Å². The number of piperidine rings is 1. The van der Waals surface area contributed by atoms with E-state index in [1.54, 1.807) is 42.6 Å². The van der Waals surface area contributed by atoms with Crippen LogP contribution >= 0.6 is 11.6 Å². The van der Waals surface area contributed by atoms with Crippen LogP contribution in [0.2, 0.25) is 5.02 Å². The number of alkyl halides is 3. The number of nitrogens with one attached hydrogen (secondary N) is 1. The molecule has 1 aromatic heterocycles. The van der Waals surface area contributed by atoms with E-state index in [0.29, 0.717) is 17.3 Å². The van der Waals surface area contributed by atoms with E-state index in [9.17, 15) is 13.2 Å². The van der Waals surface area contributed by atoms with Crippen LogP contribution in [0.25, 0.3) is 0 Å². The fraction of sp³-hybridized carbons (Fsp3) is 0.450. The molecule has 1 fully saturated rings. The van der Waals surface area contributed by atoms with Crippen molar-refractivity contribution in [1.29, 1.82) is 0 Å². The molecule has 27 heavy (non-hydrogen) atoms. The number of benzene rings is 1. The lowest BCUT2D eigenvalue weighted by Gasteiger charge is -2.36. The number of pyridine rings is 1. The van der Waals surface area contributed by atoms with Gasteiger partial charge in [0.1, 0.15) is 0 Å². The van der Waals surface area contributed by atoms with Gasteiger partial charge in [-0.2, -0.15) is 13.2 Å². The molecule has 0 bridgehead atoms. The van der Waals surface area contributed by atoms with Crippen LogP contribution in [0.4, 0.5) is 13.2 Å². The first-order valence-electron chi connectivity index (χ1n) is 9.10. The van der Waals surface area contributed by atoms with Crippen LogP contribution in [0.15, 0.2) is 48.7 Å². The molecule has 2 heterocycles. The predicted molar refractivity (Wildman–Crippen MR) is 101 cm³/mol. The summed E-state index contributed by atoms with van der Waals surface area (Å²) in [5, 5.41) is 3.82. The Morgan fingerprint density at radius 3 is 2.41 bits per heavy atom. The van der Waals surface area contributed by atoms with Gasteiger partial charge in [0.25, 0.3) is 0 Å². The molecule has 1 N–H and O–H groups in total. The van der Waals surface area contributed by atoms with Crippen molar-refractivity contribution in [2.45, 2.75) is 25.1 Å². The SMILES string of the molecule is FC(F)(F)CN(CC1CCNCC1)C(c1ccc(Cl)cc1)c1ccccn1. The van der Waals surface area contributed by atoms with Crippen molar-refractivity contribution < 1.29 is 13.2 Å². The van der Waals surface area contributed by atoms with Gasteiger partial charge in [-0.15, -0.1) is 0 Å². The van der Waals surface area contributed by atoms with E-state index in [1.807, 2.05) is 6.07 Å². The van der Waals surface area contributed by atoms with E-state index >= 15 is 0 Å². The fourth-order valence-corrected chi connectivity index (χ4v) is 3.76. The molecule has 1 atom stereocenters. The van der Waals surface area contributed by atoms with Crippen LogP contribution < -0.4 is 5.32 Å². The summed E-state index contributed by atoms with van der Waals surface area (Å²) in [7, 11) is 0. The third-order valence-electron chi connectivity index (χ3n) is 4.85. The highest BCUT2D eigenvalue weighted by molar-refractivity contribution is 6.30. The molecule has 1 aromatic carbocycles. The highest BCUT2D eigenvalue weighted by Gasteiger charge is 2.36. The van der Waals surface area contributed by atoms with Gasteiger partial charge in [0.2, 0.25) is 0 Å². The smallest absolute Gasteiger partial charge is 0.317 e. The van der Waals surface area contributed by atoms with Gasteiger partial charge in [0.05, 0.1) is 18.3 Å². The van der Waals surface area contributed by atoms with Crippen LogP contribution in [0.3, 0.4) is 0 Å². The molecule has 1 aliphatic heterocycles. The molecule has 0 radical (unpaired) electrons. The summed E-state index contributed by atoms with van der Waals surface area (Å²) in [6.07, 6.45) is -0.908. The maximum absolute atomic E-state index is 13.4. The van der Waals surface area contributed by atoms with Gasteiger partial charge in [-0.1, -0.05) is 29.8 Å². The number of halogens is 4. The quantitative estimate of drug-likeness (QED) is 0.766. The molecule has 0 spiro atoms. The second-order valence-electron chi connectivity index (χ2n) is 6.95. The molecule has 3 nitrogen and oxygen atoms in total. The van der Waals surface area contributed by atoms with E-state index in [4.69, 9.17) is 11.6 Å². The fourth-order valence-electron chi connectivity index (χ4n) is 3.64. The maximum Gasteiger partial charge on any atom is 0.401 e. The zero-order chi connectivity index (χ0) is 19.3. The Balaban J connectivity index is 1.96. The van der Waals surface area contributed by atoms with Crippen LogP contribution in [0.1, 0.15) is 30.1 Å². The highest BCUT2D eigenvalue weighted by Crippen LogP contribution is 2.33. The molecule has 7 heteroatoms. The third-order valence-corrected chi connectivity index (χ3v) is 5.10. The van der Waals surface area contributed by atoms with E-state index in [0.717, 1.165) is 31.5 Å². The van der Waals surface area contributed by atoms with Crippen molar-refractivity contribution >= 4 is 11.6 Å². The van der Waals surface area contributed by atoms with Crippen molar-refractivity contribution in [2.24, 2.45) is 5.92 Å². The second-order valence-corrected chi connectivity index (χ2v) is 7.38. The lowest BCUT2D eigenvalue weighted by molar-refractivity contribution is -0.151. The molecule has 1 saturated heterocycles. The van der Waals surface area contributed by atoms with E-state index in [2.05, 4.69) is 10.3 Å². The average Bonchev–Trinajstić information content (AvgIpc) is 2.64. The van der Waals surface area contributed by atoms with Crippen LogP contribution in [0, 0.1) is 5.92 Å². The van der Waals surface area contributed by atoms with Crippen LogP contribution in [-0.4, -0.2) is 42.2 Å². The number of hydrogen-bond acceptors (Lipinski definition) is 3. The summed E-state index contributed by atoms with van der Waals surface area (Å²) >= 11 is 5.99. The Morgan fingerprint density at radius 1 is 1.11 bits per heavy atom. The minimum atomic E-state index is -4.29. The molecule has 1 unspecified atom stereocenters.